The van der Waals surface area contributed by atoms with Crippen molar-refractivity contribution < 1.29 is 18.3 Å². The van der Waals surface area contributed by atoms with Gasteiger partial charge in [0.25, 0.3) is 0 Å². The van der Waals surface area contributed by atoms with Crippen LogP contribution in [0.1, 0.15) is 31.0 Å². The molecule has 0 saturated heterocycles. The van der Waals surface area contributed by atoms with Crippen LogP contribution in [-0.2, 0) is 12.2 Å². The fraction of sp³-hybridized carbons (Fsp3) is 0.375. The third-order valence-corrected chi connectivity index (χ3v) is 4.33. The Morgan fingerprint density at radius 3 is 2.83 bits per heavy atom. The summed E-state index contributed by atoms with van der Waals surface area (Å²) >= 11 is 1.28. The van der Waals surface area contributed by atoms with E-state index in [-0.39, 0.29) is 0 Å². The molecule has 2 heterocycles. The Morgan fingerprint density at radius 1 is 1.35 bits per heavy atom. The molecule has 1 N–H and O–H groups in total. The number of rotatable bonds is 3. The molecule has 0 spiro atoms. The zero-order chi connectivity index (χ0) is 16.9. The summed E-state index contributed by atoms with van der Waals surface area (Å²) in [5, 5.41) is 9.82. The zero-order valence-electron chi connectivity index (χ0n) is 12.6. The van der Waals surface area contributed by atoms with E-state index in [4.69, 9.17) is 0 Å². The molecule has 3 nitrogen and oxygen atoms in total. The van der Waals surface area contributed by atoms with Gasteiger partial charge >= 0.3 is 6.18 Å². The van der Waals surface area contributed by atoms with E-state index in [0.717, 1.165) is 17.7 Å². The lowest BCUT2D eigenvalue weighted by Crippen LogP contribution is -2.13. The lowest BCUT2D eigenvalue weighted by molar-refractivity contribution is -0.0925. The van der Waals surface area contributed by atoms with Gasteiger partial charge in [-0.15, -0.1) is 11.8 Å². The second-order valence-corrected chi connectivity index (χ2v) is 6.00. The molecular formula is C16H17F3N2OS. The van der Waals surface area contributed by atoms with Crippen molar-refractivity contribution in [3.63, 3.8) is 0 Å². The number of nitrogens with zero attached hydrogens (tertiary/aromatic N) is 2. The first-order chi connectivity index (χ1) is 10.9. The standard InChI is InChI=1S/C16H17F3N2OS/c1-2-13-11(5-4-8-20-13)10-23-15-7-3-6-12(22)9-14(21-15)16(17,18)19/h4-6,8-9,22H,2-3,7,10H2,1H3. The van der Waals surface area contributed by atoms with Gasteiger partial charge in [0.2, 0.25) is 0 Å². The van der Waals surface area contributed by atoms with Crippen molar-refractivity contribution in [1.29, 1.82) is 0 Å². The molecule has 23 heavy (non-hydrogen) atoms. The summed E-state index contributed by atoms with van der Waals surface area (Å²) in [4.78, 5) is 7.99. The van der Waals surface area contributed by atoms with Crippen LogP contribution >= 0.6 is 11.8 Å². The van der Waals surface area contributed by atoms with Crippen molar-refractivity contribution in [2.24, 2.45) is 4.99 Å². The van der Waals surface area contributed by atoms with Crippen LogP contribution in [0.5, 0.6) is 0 Å². The molecule has 1 aromatic heterocycles. The number of pyridine rings is 1. The molecule has 0 saturated carbocycles. The summed E-state index contributed by atoms with van der Waals surface area (Å²) in [6, 6.07) is 3.74. The average Bonchev–Trinajstić information content (AvgIpc) is 2.48. The number of thioether (sulfide) groups is 1. The number of aliphatic hydroxyl groups excluding tert-OH is 1. The number of aliphatic hydroxyl groups is 1. The molecule has 124 valence electrons. The Balaban J connectivity index is 2.18. The maximum Gasteiger partial charge on any atom is 0.433 e. The molecule has 0 atom stereocenters. The molecule has 0 aliphatic carbocycles. The van der Waals surface area contributed by atoms with Crippen molar-refractivity contribution in [2.45, 2.75) is 38.1 Å². The lowest BCUT2D eigenvalue weighted by Gasteiger charge is -2.13. The van der Waals surface area contributed by atoms with Crippen LogP contribution in [0.4, 0.5) is 13.2 Å². The largest absolute Gasteiger partial charge is 0.508 e. The topological polar surface area (TPSA) is 45.5 Å². The van der Waals surface area contributed by atoms with Crippen LogP contribution in [0.3, 0.4) is 0 Å². The van der Waals surface area contributed by atoms with Gasteiger partial charge in [-0.2, -0.15) is 13.2 Å². The van der Waals surface area contributed by atoms with Crippen molar-refractivity contribution >= 4 is 16.8 Å². The summed E-state index contributed by atoms with van der Waals surface area (Å²) in [7, 11) is 0. The van der Waals surface area contributed by atoms with Crippen LogP contribution in [0.15, 0.2) is 46.9 Å². The summed E-state index contributed by atoms with van der Waals surface area (Å²) < 4.78 is 38.9. The van der Waals surface area contributed by atoms with Crippen LogP contribution in [0.2, 0.25) is 0 Å². The summed E-state index contributed by atoms with van der Waals surface area (Å²) in [6.07, 6.45) is 0.750. The molecule has 2 rings (SSSR count). The highest BCUT2D eigenvalue weighted by Gasteiger charge is 2.34. The van der Waals surface area contributed by atoms with E-state index >= 15 is 0 Å². The first kappa shape index (κ1) is 17.6. The minimum Gasteiger partial charge on any atom is -0.508 e. The lowest BCUT2D eigenvalue weighted by atomic mass is 10.2. The third kappa shape index (κ3) is 5.13. The Labute approximate surface area is 137 Å². The van der Waals surface area contributed by atoms with E-state index in [9.17, 15) is 18.3 Å². The Morgan fingerprint density at radius 2 is 2.13 bits per heavy atom. The minimum atomic E-state index is -4.59. The van der Waals surface area contributed by atoms with Crippen LogP contribution in [0, 0.1) is 0 Å². The maximum atomic E-state index is 13.0. The normalized spacial score (nSPS) is 16.1. The Bertz CT molecular complexity index is 651. The number of aliphatic imine (C=N–C) groups is 1. The van der Waals surface area contributed by atoms with Gasteiger partial charge < -0.3 is 5.11 Å². The average molecular weight is 342 g/mol. The third-order valence-electron chi connectivity index (χ3n) is 3.25. The van der Waals surface area contributed by atoms with Crippen molar-refractivity contribution in [2.75, 3.05) is 0 Å². The number of hydrogen-bond donors (Lipinski definition) is 1. The first-order valence-corrected chi connectivity index (χ1v) is 8.20. The molecule has 0 aromatic carbocycles. The van der Waals surface area contributed by atoms with E-state index in [0.29, 0.717) is 29.7 Å². The molecule has 0 unspecified atom stereocenters. The number of alkyl halides is 3. The summed E-state index contributed by atoms with van der Waals surface area (Å²) in [5.41, 5.74) is 0.867. The van der Waals surface area contributed by atoms with Gasteiger partial charge in [-0.05, 0) is 37.0 Å². The van der Waals surface area contributed by atoms with E-state index < -0.39 is 17.6 Å². The molecular weight excluding hydrogens is 325 g/mol. The number of allylic oxidation sites excluding steroid dienone is 3. The molecule has 1 aliphatic rings. The highest BCUT2D eigenvalue weighted by Crippen LogP contribution is 2.31. The number of aryl methyl sites for hydroxylation is 1. The molecule has 0 amide bonds. The van der Waals surface area contributed by atoms with Crippen LogP contribution in [0.25, 0.3) is 0 Å². The van der Waals surface area contributed by atoms with E-state index in [1.54, 1.807) is 6.20 Å². The molecule has 7 heteroatoms. The van der Waals surface area contributed by atoms with Crippen molar-refractivity contribution in [3.05, 3.63) is 53.2 Å². The number of aromatic nitrogens is 1. The SMILES string of the molecule is CCc1ncccc1CSC1=NC(C(F)(F)F)=CC(O)=CCC1. The van der Waals surface area contributed by atoms with Gasteiger partial charge in [0.15, 0.2) is 0 Å². The number of halogens is 3. The Kier molecular flexibility index (Phi) is 5.87. The van der Waals surface area contributed by atoms with E-state index in [2.05, 4.69) is 9.98 Å². The smallest absolute Gasteiger partial charge is 0.433 e. The maximum absolute atomic E-state index is 13.0. The second kappa shape index (κ2) is 7.68. The van der Waals surface area contributed by atoms with E-state index in [1.807, 2.05) is 19.1 Å². The highest BCUT2D eigenvalue weighted by atomic mass is 32.2. The highest BCUT2D eigenvalue weighted by molar-refractivity contribution is 8.13. The first-order valence-electron chi connectivity index (χ1n) is 7.21. The molecule has 1 aromatic rings. The van der Waals surface area contributed by atoms with Crippen molar-refractivity contribution in [3.8, 4) is 0 Å². The second-order valence-electron chi connectivity index (χ2n) is 4.95. The Hall–Kier alpha value is -1.76. The molecule has 1 aliphatic heterocycles. The predicted molar refractivity (Wildman–Crippen MR) is 86.4 cm³/mol. The fourth-order valence-electron chi connectivity index (χ4n) is 2.10. The van der Waals surface area contributed by atoms with E-state index in [1.165, 1.54) is 17.8 Å². The molecule has 0 bridgehead atoms. The fourth-order valence-corrected chi connectivity index (χ4v) is 3.11. The predicted octanol–water partition coefficient (Wildman–Crippen LogP) is 4.96. The van der Waals surface area contributed by atoms with Gasteiger partial charge in [0, 0.05) is 23.7 Å². The van der Waals surface area contributed by atoms with Gasteiger partial charge in [-0.1, -0.05) is 13.0 Å². The van der Waals surface area contributed by atoms with Gasteiger partial charge in [0.1, 0.15) is 11.5 Å². The molecule has 0 fully saturated rings. The summed E-state index contributed by atoms with van der Waals surface area (Å²) in [6.45, 7) is 1.99. The molecule has 0 radical (unpaired) electrons. The van der Waals surface area contributed by atoms with Gasteiger partial charge in [0.05, 0.1) is 5.04 Å². The quantitative estimate of drug-likeness (QED) is 0.845. The summed E-state index contributed by atoms with van der Waals surface area (Å²) in [5.74, 6) is 0.127. The zero-order valence-corrected chi connectivity index (χ0v) is 13.4. The minimum absolute atomic E-state index is 0.365. The van der Waals surface area contributed by atoms with Gasteiger partial charge in [-0.25, -0.2) is 4.99 Å². The number of hydrogen-bond acceptors (Lipinski definition) is 4. The monoisotopic (exact) mass is 342 g/mol. The van der Waals surface area contributed by atoms with Gasteiger partial charge in [-0.3, -0.25) is 4.98 Å². The van der Waals surface area contributed by atoms with Crippen LogP contribution in [-0.4, -0.2) is 21.3 Å². The van der Waals surface area contributed by atoms with Crippen LogP contribution < -0.4 is 0 Å². The van der Waals surface area contributed by atoms with Crippen molar-refractivity contribution in [1.82, 2.24) is 4.98 Å².